The van der Waals surface area contributed by atoms with Crippen LogP contribution >= 0.6 is 11.3 Å². The Morgan fingerprint density at radius 3 is 2.78 bits per heavy atom. The van der Waals surface area contributed by atoms with Crippen molar-refractivity contribution in [3.63, 3.8) is 0 Å². The third-order valence-electron chi connectivity index (χ3n) is 4.47. The molecule has 1 aromatic heterocycles. The molecule has 2 aromatic rings. The summed E-state index contributed by atoms with van der Waals surface area (Å²) < 4.78 is 30.7. The molecule has 0 spiro atoms. The van der Waals surface area contributed by atoms with Crippen LogP contribution in [0.15, 0.2) is 35.7 Å². The van der Waals surface area contributed by atoms with E-state index in [1.54, 1.807) is 36.5 Å². The van der Waals surface area contributed by atoms with Gasteiger partial charge in [0, 0.05) is 17.0 Å². The Labute approximate surface area is 162 Å². The van der Waals surface area contributed by atoms with Crippen LogP contribution in [0.3, 0.4) is 0 Å². The highest BCUT2D eigenvalue weighted by Crippen LogP contribution is 2.31. The molecule has 27 heavy (non-hydrogen) atoms. The molecule has 0 N–H and O–H groups in total. The maximum atomic E-state index is 12.3. The van der Waals surface area contributed by atoms with E-state index in [-0.39, 0.29) is 24.6 Å². The van der Waals surface area contributed by atoms with Gasteiger partial charge < -0.3 is 4.74 Å². The van der Waals surface area contributed by atoms with Crippen molar-refractivity contribution in [2.24, 2.45) is 0 Å². The van der Waals surface area contributed by atoms with Crippen LogP contribution in [0.5, 0.6) is 0 Å². The van der Waals surface area contributed by atoms with Gasteiger partial charge in [-0.3, -0.25) is 13.9 Å². The number of anilines is 1. The van der Waals surface area contributed by atoms with Gasteiger partial charge in [0.15, 0.2) is 12.4 Å². The van der Waals surface area contributed by atoms with E-state index in [0.717, 1.165) is 10.4 Å². The minimum absolute atomic E-state index is 0.0363. The van der Waals surface area contributed by atoms with E-state index in [4.69, 9.17) is 4.74 Å². The zero-order valence-corrected chi connectivity index (χ0v) is 16.6. The van der Waals surface area contributed by atoms with E-state index in [2.05, 4.69) is 0 Å². The Bertz CT molecular complexity index is 935. The normalized spacial score (nSPS) is 13.4. The first-order valence-corrected chi connectivity index (χ1v) is 11.2. The number of ether oxygens (including phenoxy) is 1. The molecule has 0 unspecified atom stereocenters. The Kier molecular flexibility index (Phi) is 5.96. The number of carbonyl (C=O) groups excluding carboxylic acids is 2. The van der Waals surface area contributed by atoms with Gasteiger partial charge in [-0.15, -0.1) is 11.3 Å². The van der Waals surface area contributed by atoms with Crippen LogP contribution in [0.2, 0.25) is 0 Å². The van der Waals surface area contributed by atoms with Gasteiger partial charge in [0.25, 0.3) is 0 Å². The lowest BCUT2D eigenvalue weighted by Gasteiger charge is -2.18. The Morgan fingerprint density at radius 2 is 2.07 bits per heavy atom. The van der Waals surface area contributed by atoms with Gasteiger partial charge in [-0.2, -0.15) is 0 Å². The highest BCUT2D eigenvalue weighted by atomic mass is 32.2. The SMILES string of the molecule is CCS(=O)(=O)N1CCc2cc(C(=O)COC(=O)CCc3cccs3)ccc21. The minimum Gasteiger partial charge on any atom is -0.457 e. The standard InChI is InChI=1S/C19H21NO5S2/c1-2-27(23,24)20-10-9-14-12-15(5-7-17(14)20)18(21)13-25-19(22)8-6-16-4-3-11-26-16/h3-5,7,11-12H,2,6,8-10,13H2,1H3. The molecule has 1 aromatic carbocycles. The first-order valence-electron chi connectivity index (χ1n) is 8.75. The fourth-order valence-electron chi connectivity index (χ4n) is 2.97. The van der Waals surface area contributed by atoms with Gasteiger partial charge in [-0.05, 0) is 55.0 Å². The van der Waals surface area contributed by atoms with Crippen LogP contribution in [-0.4, -0.2) is 39.1 Å². The molecule has 144 valence electrons. The molecular weight excluding hydrogens is 386 g/mol. The van der Waals surface area contributed by atoms with Gasteiger partial charge in [0.1, 0.15) is 0 Å². The average Bonchev–Trinajstić information content (AvgIpc) is 3.33. The first-order chi connectivity index (χ1) is 12.9. The number of nitrogens with zero attached hydrogens (tertiary/aromatic N) is 1. The highest BCUT2D eigenvalue weighted by molar-refractivity contribution is 7.92. The molecule has 8 heteroatoms. The summed E-state index contributed by atoms with van der Waals surface area (Å²) in [5, 5.41) is 1.95. The van der Waals surface area contributed by atoms with Crippen LogP contribution in [0.4, 0.5) is 5.69 Å². The van der Waals surface area contributed by atoms with E-state index in [0.29, 0.717) is 30.6 Å². The number of esters is 1. The van der Waals surface area contributed by atoms with Gasteiger partial charge in [-0.25, -0.2) is 8.42 Å². The Morgan fingerprint density at radius 1 is 1.26 bits per heavy atom. The van der Waals surface area contributed by atoms with Crippen molar-refractivity contribution in [1.29, 1.82) is 0 Å². The van der Waals surface area contributed by atoms with Crippen molar-refractivity contribution in [2.75, 3.05) is 23.2 Å². The molecule has 1 aliphatic heterocycles. The van der Waals surface area contributed by atoms with Crippen molar-refractivity contribution < 1.29 is 22.7 Å². The zero-order chi connectivity index (χ0) is 19.4. The molecular formula is C19H21NO5S2. The maximum Gasteiger partial charge on any atom is 0.306 e. The van der Waals surface area contributed by atoms with Gasteiger partial charge in [-0.1, -0.05) is 6.07 Å². The predicted octanol–water partition coefficient (Wildman–Crippen LogP) is 2.82. The van der Waals surface area contributed by atoms with Crippen LogP contribution < -0.4 is 4.31 Å². The van der Waals surface area contributed by atoms with Crippen molar-refractivity contribution in [2.45, 2.75) is 26.2 Å². The molecule has 0 radical (unpaired) electrons. The van der Waals surface area contributed by atoms with Crippen molar-refractivity contribution in [3.05, 3.63) is 51.7 Å². The van der Waals surface area contributed by atoms with E-state index >= 15 is 0 Å². The average molecular weight is 408 g/mol. The summed E-state index contributed by atoms with van der Waals surface area (Å²) >= 11 is 1.58. The largest absolute Gasteiger partial charge is 0.457 e. The maximum absolute atomic E-state index is 12.3. The van der Waals surface area contributed by atoms with E-state index in [1.165, 1.54) is 4.31 Å². The second-order valence-electron chi connectivity index (χ2n) is 6.23. The molecule has 0 amide bonds. The summed E-state index contributed by atoms with van der Waals surface area (Å²) in [5.74, 6) is -0.661. The number of fused-ring (bicyclic) bond motifs is 1. The van der Waals surface area contributed by atoms with Gasteiger partial charge in [0.2, 0.25) is 10.0 Å². The van der Waals surface area contributed by atoms with Crippen molar-refractivity contribution >= 4 is 38.8 Å². The third-order valence-corrected chi connectivity index (χ3v) is 7.19. The second kappa shape index (κ2) is 8.22. The Hall–Kier alpha value is -2.19. The number of sulfonamides is 1. The number of rotatable bonds is 8. The fourth-order valence-corrected chi connectivity index (χ4v) is 4.84. The lowest BCUT2D eigenvalue weighted by atomic mass is 10.1. The van der Waals surface area contributed by atoms with Crippen LogP contribution in [-0.2, 0) is 32.4 Å². The summed E-state index contributed by atoms with van der Waals surface area (Å²) in [5.41, 5.74) is 1.87. The number of hydrogen-bond acceptors (Lipinski definition) is 6. The lowest BCUT2D eigenvalue weighted by molar-refractivity contribution is -0.142. The predicted molar refractivity (Wildman–Crippen MR) is 105 cm³/mol. The van der Waals surface area contributed by atoms with Crippen molar-refractivity contribution in [3.8, 4) is 0 Å². The van der Waals surface area contributed by atoms with E-state index in [9.17, 15) is 18.0 Å². The number of benzene rings is 1. The van der Waals surface area contributed by atoms with Crippen LogP contribution in [0, 0.1) is 0 Å². The van der Waals surface area contributed by atoms with Crippen LogP contribution in [0.25, 0.3) is 0 Å². The second-order valence-corrected chi connectivity index (χ2v) is 9.44. The van der Waals surface area contributed by atoms with E-state index < -0.39 is 16.0 Å². The fraction of sp³-hybridized carbons (Fsp3) is 0.368. The molecule has 2 heterocycles. The summed E-state index contributed by atoms with van der Waals surface area (Å²) in [7, 11) is -3.31. The number of carbonyl (C=O) groups is 2. The first kappa shape index (κ1) is 19.6. The summed E-state index contributed by atoms with van der Waals surface area (Å²) in [6.07, 6.45) is 1.41. The molecule has 6 nitrogen and oxygen atoms in total. The van der Waals surface area contributed by atoms with Crippen LogP contribution in [0.1, 0.15) is 34.1 Å². The lowest BCUT2D eigenvalue weighted by Crippen LogP contribution is -2.30. The number of aryl methyl sites for hydroxylation is 1. The molecule has 0 aliphatic carbocycles. The smallest absolute Gasteiger partial charge is 0.306 e. The molecule has 1 aliphatic rings. The number of hydrogen-bond donors (Lipinski definition) is 0. The quantitative estimate of drug-likeness (QED) is 0.497. The molecule has 3 rings (SSSR count). The number of Topliss-reactive ketones (excluding diaryl/α,β-unsaturated/α-hetero) is 1. The minimum atomic E-state index is -3.31. The topological polar surface area (TPSA) is 80.8 Å². The van der Waals surface area contributed by atoms with E-state index in [1.807, 2.05) is 17.5 Å². The molecule has 0 fully saturated rings. The zero-order valence-electron chi connectivity index (χ0n) is 15.0. The number of ketones is 1. The highest BCUT2D eigenvalue weighted by Gasteiger charge is 2.28. The molecule has 0 saturated carbocycles. The Balaban J connectivity index is 1.57. The van der Waals surface area contributed by atoms with Gasteiger partial charge in [0.05, 0.1) is 17.9 Å². The van der Waals surface area contributed by atoms with Gasteiger partial charge >= 0.3 is 5.97 Å². The summed E-state index contributed by atoms with van der Waals surface area (Å²) in [6.45, 7) is 1.69. The number of thiophene rings is 1. The summed E-state index contributed by atoms with van der Waals surface area (Å²) in [6, 6.07) is 8.82. The summed E-state index contributed by atoms with van der Waals surface area (Å²) in [4.78, 5) is 25.2. The molecule has 0 atom stereocenters. The third kappa shape index (κ3) is 4.56. The molecule has 0 bridgehead atoms. The molecule has 0 saturated heterocycles. The van der Waals surface area contributed by atoms with Crippen molar-refractivity contribution in [1.82, 2.24) is 0 Å². The monoisotopic (exact) mass is 407 g/mol.